The zero-order valence-electron chi connectivity index (χ0n) is 15.8. The Morgan fingerprint density at radius 2 is 1.64 bits per heavy atom. The lowest BCUT2D eigenvalue weighted by Crippen LogP contribution is -2.43. The molecule has 28 heavy (non-hydrogen) atoms. The van der Waals surface area contributed by atoms with E-state index in [1.807, 2.05) is 4.90 Å². The summed E-state index contributed by atoms with van der Waals surface area (Å²) in [6, 6.07) is 12.8. The van der Waals surface area contributed by atoms with Crippen LogP contribution in [0.3, 0.4) is 0 Å². The number of carbonyl (C=O) groups excluding carboxylic acids is 2. The molecule has 0 atom stereocenters. The summed E-state index contributed by atoms with van der Waals surface area (Å²) in [5.41, 5.74) is 6.51. The molecular formula is C22H25FN2O3. The molecule has 0 aliphatic heterocycles. The Morgan fingerprint density at radius 1 is 1.00 bits per heavy atom. The standard InChI is InChI=1S/C22H25FN2O3/c23-18-10-6-16(7-11-18)14-25(19-4-2-1-3-5-19)21(26)15-28-20-12-8-17(9-13-20)22(24)27/h6-13,19H,1-5,14-15H2,(H2,24,27). The van der Waals surface area contributed by atoms with Crippen LogP contribution in [0.4, 0.5) is 4.39 Å². The number of halogens is 1. The SMILES string of the molecule is NC(=O)c1ccc(OCC(=O)N(Cc2ccc(F)cc2)C2CCCCC2)cc1. The van der Waals surface area contributed by atoms with Crippen LogP contribution >= 0.6 is 0 Å². The highest BCUT2D eigenvalue weighted by molar-refractivity contribution is 5.92. The molecule has 1 aliphatic rings. The van der Waals surface area contributed by atoms with Gasteiger partial charge in [0.1, 0.15) is 11.6 Å². The van der Waals surface area contributed by atoms with Crippen LogP contribution in [0.1, 0.15) is 48.0 Å². The van der Waals surface area contributed by atoms with Gasteiger partial charge in [-0.05, 0) is 54.8 Å². The van der Waals surface area contributed by atoms with Crippen LogP contribution in [0, 0.1) is 5.82 Å². The molecule has 0 aromatic heterocycles. The monoisotopic (exact) mass is 384 g/mol. The summed E-state index contributed by atoms with van der Waals surface area (Å²) < 4.78 is 18.8. The summed E-state index contributed by atoms with van der Waals surface area (Å²) in [4.78, 5) is 25.9. The molecule has 6 heteroatoms. The molecule has 0 spiro atoms. The van der Waals surface area contributed by atoms with Crippen molar-refractivity contribution in [2.45, 2.75) is 44.7 Å². The minimum absolute atomic E-state index is 0.0897. The third kappa shape index (κ3) is 5.31. The van der Waals surface area contributed by atoms with E-state index in [4.69, 9.17) is 10.5 Å². The number of hydrogen-bond donors (Lipinski definition) is 1. The van der Waals surface area contributed by atoms with E-state index in [1.54, 1.807) is 36.4 Å². The lowest BCUT2D eigenvalue weighted by Gasteiger charge is -2.34. The molecule has 0 bridgehead atoms. The minimum atomic E-state index is -0.509. The Morgan fingerprint density at radius 3 is 2.25 bits per heavy atom. The van der Waals surface area contributed by atoms with Crippen molar-refractivity contribution in [1.29, 1.82) is 0 Å². The maximum Gasteiger partial charge on any atom is 0.261 e. The first-order valence-corrected chi connectivity index (χ1v) is 9.59. The second kappa shape index (κ2) is 9.35. The van der Waals surface area contributed by atoms with E-state index in [2.05, 4.69) is 0 Å². The van der Waals surface area contributed by atoms with Gasteiger partial charge in [-0.25, -0.2) is 4.39 Å². The highest BCUT2D eigenvalue weighted by atomic mass is 19.1. The average Bonchev–Trinajstić information content (AvgIpc) is 2.72. The molecule has 1 saturated carbocycles. The topological polar surface area (TPSA) is 72.6 Å². The first-order chi connectivity index (χ1) is 13.5. The molecule has 5 nitrogen and oxygen atoms in total. The summed E-state index contributed by atoms with van der Waals surface area (Å²) in [6.45, 7) is 0.349. The third-order valence-corrected chi connectivity index (χ3v) is 5.10. The lowest BCUT2D eigenvalue weighted by molar-refractivity contribution is -0.137. The molecule has 148 valence electrons. The largest absolute Gasteiger partial charge is 0.484 e. The first kappa shape index (κ1) is 19.9. The molecule has 0 heterocycles. The molecule has 2 amide bonds. The van der Waals surface area contributed by atoms with Crippen LogP contribution in [0.25, 0.3) is 0 Å². The van der Waals surface area contributed by atoms with Gasteiger partial charge in [0.05, 0.1) is 0 Å². The van der Waals surface area contributed by atoms with Gasteiger partial charge in [0.2, 0.25) is 5.91 Å². The number of amides is 2. The highest BCUT2D eigenvalue weighted by Crippen LogP contribution is 2.24. The van der Waals surface area contributed by atoms with Gasteiger partial charge in [-0.3, -0.25) is 9.59 Å². The molecule has 2 N–H and O–H groups in total. The van der Waals surface area contributed by atoms with E-state index in [9.17, 15) is 14.0 Å². The van der Waals surface area contributed by atoms with E-state index in [1.165, 1.54) is 18.6 Å². The number of nitrogens with zero attached hydrogens (tertiary/aromatic N) is 1. The van der Waals surface area contributed by atoms with Crippen molar-refractivity contribution in [2.24, 2.45) is 5.73 Å². The number of hydrogen-bond acceptors (Lipinski definition) is 3. The second-order valence-electron chi connectivity index (χ2n) is 7.12. The smallest absolute Gasteiger partial charge is 0.261 e. The summed E-state index contributed by atoms with van der Waals surface area (Å²) in [5.74, 6) is -0.397. The van der Waals surface area contributed by atoms with E-state index in [0.717, 1.165) is 31.2 Å². The van der Waals surface area contributed by atoms with Gasteiger partial charge in [-0.1, -0.05) is 31.4 Å². The Kier molecular flexibility index (Phi) is 6.63. The van der Waals surface area contributed by atoms with E-state index in [0.29, 0.717) is 17.9 Å². The van der Waals surface area contributed by atoms with Gasteiger partial charge in [-0.15, -0.1) is 0 Å². The number of rotatable bonds is 7. The minimum Gasteiger partial charge on any atom is -0.484 e. The Bertz CT molecular complexity index is 800. The van der Waals surface area contributed by atoms with Crippen molar-refractivity contribution < 1.29 is 18.7 Å². The fourth-order valence-electron chi connectivity index (χ4n) is 3.54. The molecule has 1 aliphatic carbocycles. The van der Waals surface area contributed by atoms with Crippen LogP contribution in [0.5, 0.6) is 5.75 Å². The lowest BCUT2D eigenvalue weighted by atomic mass is 9.93. The van der Waals surface area contributed by atoms with E-state index >= 15 is 0 Å². The van der Waals surface area contributed by atoms with Crippen molar-refractivity contribution >= 4 is 11.8 Å². The van der Waals surface area contributed by atoms with Crippen molar-refractivity contribution in [2.75, 3.05) is 6.61 Å². The van der Waals surface area contributed by atoms with Crippen LogP contribution in [-0.4, -0.2) is 29.4 Å². The predicted molar refractivity (Wildman–Crippen MR) is 104 cm³/mol. The Hall–Kier alpha value is -2.89. The summed E-state index contributed by atoms with van der Waals surface area (Å²) >= 11 is 0. The van der Waals surface area contributed by atoms with Crippen molar-refractivity contribution in [3.8, 4) is 5.75 Å². The van der Waals surface area contributed by atoms with Gasteiger partial charge >= 0.3 is 0 Å². The molecule has 1 fully saturated rings. The van der Waals surface area contributed by atoms with Crippen molar-refractivity contribution in [3.05, 3.63) is 65.5 Å². The number of ether oxygens (including phenoxy) is 1. The van der Waals surface area contributed by atoms with Gasteiger partial charge in [0, 0.05) is 18.2 Å². The highest BCUT2D eigenvalue weighted by Gasteiger charge is 2.26. The van der Waals surface area contributed by atoms with Crippen LogP contribution < -0.4 is 10.5 Å². The zero-order valence-corrected chi connectivity index (χ0v) is 15.8. The van der Waals surface area contributed by atoms with Gasteiger partial charge in [-0.2, -0.15) is 0 Å². The number of benzene rings is 2. The fourth-order valence-corrected chi connectivity index (χ4v) is 3.54. The number of primary amides is 1. The quantitative estimate of drug-likeness (QED) is 0.792. The number of nitrogens with two attached hydrogens (primary N) is 1. The maximum absolute atomic E-state index is 13.2. The van der Waals surface area contributed by atoms with Gasteiger partial charge < -0.3 is 15.4 Å². The first-order valence-electron chi connectivity index (χ1n) is 9.59. The normalized spacial score (nSPS) is 14.5. The zero-order chi connectivity index (χ0) is 19.9. The maximum atomic E-state index is 13.2. The molecule has 3 rings (SSSR count). The molecular weight excluding hydrogens is 359 g/mol. The summed E-state index contributed by atoms with van der Waals surface area (Å²) in [6.07, 6.45) is 5.35. The predicted octanol–water partition coefficient (Wildman–Crippen LogP) is 3.66. The molecule has 2 aromatic carbocycles. The van der Waals surface area contributed by atoms with Crippen molar-refractivity contribution in [1.82, 2.24) is 4.90 Å². The summed E-state index contributed by atoms with van der Waals surface area (Å²) in [7, 11) is 0. The van der Waals surface area contributed by atoms with Crippen molar-refractivity contribution in [3.63, 3.8) is 0 Å². The fraction of sp³-hybridized carbons (Fsp3) is 0.364. The van der Waals surface area contributed by atoms with Crippen LogP contribution in [0.15, 0.2) is 48.5 Å². The van der Waals surface area contributed by atoms with Gasteiger partial charge in [0.15, 0.2) is 6.61 Å². The van der Waals surface area contributed by atoms with Gasteiger partial charge in [0.25, 0.3) is 5.91 Å². The molecule has 0 radical (unpaired) electrons. The second-order valence-corrected chi connectivity index (χ2v) is 7.12. The third-order valence-electron chi connectivity index (χ3n) is 5.10. The van der Waals surface area contributed by atoms with Crippen LogP contribution in [0.2, 0.25) is 0 Å². The molecule has 0 saturated heterocycles. The Balaban J connectivity index is 1.66. The van der Waals surface area contributed by atoms with Crippen LogP contribution in [-0.2, 0) is 11.3 Å². The average molecular weight is 384 g/mol. The molecule has 0 unspecified atom stereocenters. The summed E-state index contributed by atoms with van der Waals surface area (Å²) in [5, 5.41) is 0. The molecule has 2 aromatic rings. The van der Waals surface area contributed by atoms with E-state index in [-0.39, 0.29) is 24.4 Å². The number of carbonyl (C=O) groups is 2. The Labute approximate surface area is 164 Å². The van der Waals surface area contributed by atoms with E-state index < -0.39 is 5.91 Å².